The zero-order valence-electron chi connectivity index (χ0n) is 4.65. The molecule has 10 heavy (non-hydrogen) atoms. The summed E-state index contributed by atoms with van der Waals surface area (Å²) in [7, 11) is 0. The van der Waals surface area contributed by atoms with Crippen molar-refractivity contribution in [3.63, 3.8) is 0 Å². The Hall–Kier alpha value is 0.730. The third-order valence-corrected chi connectivity index (χ3v) is 0.702. The Morgan fingerprint density at radius 3 is 1.70 bits per heavy atom. The van der Waals surface area contributed by atoms with Gasteiger partial charge in [0.05, 0.1) is 6.26 Å². The van der Waals surface area contributed by atoms with Gasteiger partial charge >= 0.3 is 0 Å². The highest BCUT2D eigenvalue weighted by molar-refractivity contribution is 6.28. The molecule has 0 radical (unpaired) electrons. The second-order valence-electron chi connectivity index (χ2n) is 0.917. The van der Waals surface area contributed by atoms with Gasteiger partial charge in [-0.3, -0.25) is 0 Å². The van der Waals surface area contributed by atoms with Crippen LogP contribution in [0.1, 0.15) is 0 Å². The number of hydrogen-bond acceptors (Lipinski definition) is 1. The third-order valence-electron chi connectivity index (χ3n) is 0.486. The first-order valence-corrected chi connectivity index (χ1v) is 1.96. The molecule has 1 nitrogen and oxygen atoms in total. The molecule has 0 atom stereocenters. The summed E-state index contributed by atoms with van der Waals surface area (Å²) in [4.78, 5) is 0. The van der Waals surface area contributed by atoms with Crippen molar-refractivity contribution in [2.24, 2.45) is 0 Å². The van der Waals surface area contributed by atoms with E-state index in [-0.39, 0.29) is 49.6 Å². The molecule has 0 aliphatic carbocycles. The van der Waals surface area contributed by atoms with Gasteiger partial charge in [-0.1, -0.05) is 0 Å². The monoisotopic (exact) mass is 246 g/mol. The Bertz CT molecular complexity index is 117. The Morgan fingerprint density at radius 2 is 1.60 bits per heavy atom. The van der Waals surface area contributed by atoms with E-state index in [1.54, 1.807) is 12.1 Å². The fraction of sp³-hybridized carbons (Fsp3) is 0. The second kappa shape index (κ2) is 12.4. The van der Waals surface area contributed by atoms with Crippen molar-refractivity contribution in [2.75, 3.05) is 0 Å². The molecule has 0 aliphatic rings. The fourth-order valence-corrected chi connectivity index (χ4v) is 0.383. The van der Waals surface area contributed by atoms with Crippen molar-refractivity contribution < 1.29 is 4.42 Å². The summed E-state index contributed by atoms with van der Waals surface area (Å²) in [5, 5.41) is 0.440. The minimum absolute atomic E-state index is 0. The van der Waals surface area contributed by atoms with Crippen LogP contribution >= 0.6 is 61.2 Å². The van der Waals surface area contributed by atoms with E-state index in [0.717, 1.165) is 0 Å². The van der Waals surface area contributed by atoms with Crippen molar-refractivity contribution in [2.45, 2.75) is 0 Å². The molecule has 0 saturated carbocycles. The number of furan rings is 1. The summed E-state index contributed by atoms with van der Waals surface area (Å²) in [5.74, 6) is 0. The second-order valence-corrected chi connectivity index (χ2v) is 1.29. The molecule has 0 aliphatic heterocycles. The van der Waals surface area contributed by atoms with Gasteiger partial charge in [0.2, 0.25) is 0 Å². The molecule has 0 spiro atoms. The van der Waals surface area contributed by atoms with E-state index in [1.807, 2.05) is 0 Å². The van der Waals surface area contributed by atoms with Crippen LogP contribution in [-0.4, -0.2) is 0 Å². The Balaban J connectivity index is -0.0000000450. The molecule has 64 valence electrons. The minimum Gasteiger partial charge on any atom is -0.453 e. The summed E-state index contributed by atoms with van der Waals surface area (Å²) < 4.78 is 4.60. The van der Waals surface area contributed by atoms with Gasteiger partial charge in [0.15, 0.2) is 5.22 Å². The van der Waals surface area contributed by atoms with Crippen molar-refractivity contribution in [1.29, 1.82) is 0 Å². The predicted octanol–water partition coefficient (Wildman–Crippen LogP) is 3.62. The van der Waals surface area contributed by atoms with Crippen molar-refractivity contribution >= 4 is 61.2 Å². The first-order valence-electron chi connectivity index (χ1n) is 1.58. The van der Waals surface area contributed by atoms with Gasteiger partial charge in [-0.15, -0.1) is 49.6 Å². The normalized spacial score (nSPS) is 5.30. The minimum atomic E-state index is 0. The van der Waals surface area contributed by atoms with Gasteiger partial charge in [0.1, 0.15) is 0 Å². The Morgan fingerprint density at radius 1 is 1.10 bits per heavy atom. The van der Waals surface area contributed by atoms with Crippen LogP contribution in [0.5, 0.6) is 0 Å². The highest BCUT2D eigenvalue weighted by Gasteiger charge is 1.79. The average Bonchev–Trinajstić information content (AvgIpc) is 1.86. The summed E-state index contributed by atoms with van der Waals surface area (Å²) in [6.07, 6.45) is 1.53. The standard InChI is InChI=1S/C4H3ClO.4ClH/c5-4-2-1-3-6-4;;;;/h1-3H;4*1H. The van der Waals surface area contributed by atoms with Crippen LogP contribution in [0.2, 0.25) is 5.22 Å². The lowest BCUT2D eigenvalue weighted by molar-refractivity contribution is 0.569. The first-order chi connectivity index (χ1) is 2.89. The Kier molecular flexibility index (Phi) is 27.8. The van der Waals surface area contributed by atoms with E-state index in [0.29, 0.717) is 5.22 Å². The summed E-state index contributed by atoms with van der Waals surface area (Å²) in [5.41, 5.74) is 0. The number of rotatable bonds is 0. The molecular formula is C4H7Cl5O. The highest BCUT2D eigenvalue weighted by Crippen LogP contribution is 2.04. The largest absolute Gasteiger partial charge is 0.453 e. The quantitative estimate of drug-likeness (QED) is 0.683. The summed E-state index contributed by atoms with van der Waals surface area (Å²) in [6, 6.07) is 3.42. The van der Waals surface area contributed by atoms with Crippen molar-refractivity contribution in [1.82, 2.24) is 0 Å². The van der Waals surface area contributed by atoms with Crippen LogP contribution in [-0.2, 0) is 0 Å². The zero-order valence-corrected chi connectivity index (χ0v) is 8.67. The average molecular weight is 248 g/mol. The van der Waals surface area contributed by atoms with E-state index in [1.165, 1.54) is 6.26 Å². The fourth-order valence-electron chi connectivity index (χ4n) is 0.259. The van der Waals surface area contributed by atoms with Gasteiger partial charge < -0.3 is 4.42 Å². The van der Waals surface area contributed by atoms with E-state index >= 15 is 0 Å². The lowest BCUT2D eigenvalue weighted by atomic mass is 10.7. The molecule has 0 N–H and O–H groups in total. The molecular weight excluding hydrogens is 241 g/mol. The number of halogens is 5. The third kappa shape index (κ3) is 8.73. The van der Waals surface area contributed by atoms with Crippen LogP contribution in [0, 0.1) is 0 Å². The van der Waals surface area contributed by atoms with Crippen LogP contribution in [0.3, 0.4) is 0 Å². The number of hydrogen-bond donors (Lipinski definition) is 0. The molecule has 0 saturated heterocycles. The SMILES string of the molecule is Cl.Cl.Cl.Cl.Clc1ccco1. The van der Waals surface area contributed by atoms with E-state index in [2.05, 4.69) is 4.42 Å². The lowest BCUT2D eigenvalue weighted by Gasteiger charge is -1.65. The zero-order chi connectivity index (χ0) is 4.41. The first kappa shape index (κ1) is 22.4. The maximum Gasteiger partial charge on any atom is 0.192 e. The molecule has 1 aromatic heterocycles. The van der Waals surface area contributed by atoms with Crippen LogP contribution in [0.15, 0.2) is 22.8 Å². The van der Waals surface area contributed by atoms with E-state index < -0.39 is 0 Å². The van der Waals surface area contributed by atoms with Gasteiger partial charge in [0.25, 0.3) is 0 Å². The van der Waals surface area contributed by atoms with Crippen molar-refractivity contribution in [3.05, 3.63) is 23.6 Å². The van der Waals surface area contributed by atoms with Gasteiger partial charge in [0, 0.05) is 0 Å². The van der Waals surface area contributed by atoms with Gasteiger partial charge in [-0.05, 0) is 23.7 Å². The molecule has 1 aromatic rings. The van der Waals surface area contributed by atoms with E-state index in [4.69, 9.17) is 11.6 Å². The van der Waals surface area contributed by atoms with Crippen LogP contribution in [0.4, 0.5) is 0 Å². The Labute approximate surface area is 89.1 Å². The molecule has 0 fully saturated rings. The van der Waals surface area contributed by atoms with Gasteiger partial charge in [-0.2, -0.15) is 0 Å². The smallest absolute Gasteiger partial charge is 0.192 e. The van der Waals surface area contributed by atoms with Crippen molar-refractivity contribution in [3.8, 4) is 0 Å². The van der Waals surface area contributed by atoms with Gasteiger partial charge in [-0.25, -0.2) is 0 Å². The van der Waals surface area contributed by atoms with Crippen LogP contribution in [0.25, 0.3) is 0 Å². The molecule has 0 aromatic carbocycles. The molecule has 1 rings (SSSR count). The summed E-state index contributed by atoms with van der Waals surface area (Å²) in [6.45, 7) is 0. The maximum absolute atomic E-state index is 5.29. The lowest BCUT2D eigenvalue weighted by Crippen LogP contribution is -1.34. The highest BCUT2D eigenvalue weighted by atomic mass is 35.5. The molecule has 6 heteroatoms. The predicted molar refractivity (Wildman–Crippen MR) is 52.7 cm³/mol. The molecule has 0 amide bonds. The maximum atomic E-state index is 5.29. The summed E-state index contributed by atoms with van der Waals surface area (Å²) >= 11 is 5.29. The topological polar surface area (TPSA) is 13.1 Å². The molecule has 0 bridgehead atoms. The molecule has 0 unspecified atom stereocenters. The van der Waals surface area contributed by atoms with Crippen LogP contribution < -0.4 is 0 Å². The molecule has 1 heterocycles. The van der Waals surface area contributed by atoms with E-state index in [9.17, 15) is 0 Å².